The van der Waals surface area contributed by atoms with Crippen molar-refractivity contribution < 1.29 is 9.47 Å². The van der Waals surface area contributed by atoms with Gasteiger partial charge in [-0.25, -0.2) is 0 Å². The number of rotatable bonds is 5. The molecule has 0 fully saturated rings. The minimum Gasteiger partial charge on any atom is -0.453 e. The Balaban J connectivity index is 1.80. The summed E-state index contributed by atoms with van der Waals surface area (Å²) in [5.41, 5.74) is 2.09. The van der Waals surface area contributed by atoms with E-state index in [4.69, 9.17) is 9.47 Å². The van der Waals surface area contributed by atoms with Gasteiger partial charge in [0.25, 0.3) is 0 Å². The van der Waals surface area contributed by atoms with Gasteiger partial charge in [0.15, 0.2) is 16.6 Å². The van der Waals surface area contributed by atoms with Crippen molar-refractivity contribution in [3.8, 4) is 33.4 Å². The monoisotopic (exact) mass is 344 g/mol. The molecule has 0 aliphatic heterocycles. The molecule has 4 rings (SSSR count). The summed E-state index contributed by atoms with van der Waals surface area (Å²) in [4.78, 5) is 0. The Morgan fingerprint density at radius 2 is 1.36 bits per heavy atom. The molecule has 2 nitrogen and oxygen atoms in total. The van der Waals surface area contributed by atoms with Crippen molar-refractivity contribution >= 4 is 11.3 Å². The molecule has 0 spiro atoms. The first-order chi connectivity index (χ1) is 12.4. The summed E-state index contributed by atoms with van der Waals surface area (Å²) in [5, 5.41) is 2.83. The molecule has 25 heavy (non-hydrogen) atoms. The van der Waals surface area contributed by atoms with Crippen LogP contribution in [0.4, 0.5) is 0 Å². The van der Waals surface area contributed by atoms with Crippen LogP contribution in [0, 0.1) is 0 Å². The second kappa shape index (κ2) is 7.24. The third-order valence-electron chi connectivity index (χ3n) is 3.73. The molecule has 0 aliphatic carbocycles. The Hall–Kier alpha value is -3.04. The Bertz CT molecular complexity index is 932. The third kappa shape index (κ3) is 3.57. The predicted molar refractivity (Wildman–Crippen MR) is 103 cm³/mol. The normalized spacial score (nSPS) is 10.4. The average molecular weight is 344 g/mol. The highest BCUT2D eigenvalue weighted by molar-refractivity contribution is 7.11. The molecule has 0 saturated carbocycles. The summed E-state index contributed by atoms with van der Waals surface area (Å²) in [6, 6.07) is 29.8. The first-order valence-electron chi connectivity index (χ1n) is 8.03. The van der Waals surface area contributed by atoms with Gasteiger partial charge in [-0.1, -0.05) is 60.7 Å². The van der Waals surface area contributed by atoms with Gasteiger partial charge in [-0.15, -0.1) is 11.3 Å². The highest BCUT2D eigenvalue weighted by Crippen LogP contribution is 2.43. The van der Waals surface area contributed by atoms with E-state index in [0.29, 0.717) is 5.75 Å². The molecule has 0 bridgehead atoms. The molecule has 0 unspecified atom stereocenters. The van der Waals surface area contributed by atoms with E-state index in [1.54, 1.807) is 11.3 Å². The van der Waals surface area contributed by atoms with Crippen molar-refractivity contribution in [1.82, 2.24) is 0 Å². The van der Waals surface area contributed by atoms with E-state index < -0.39 is 0 Å². The van der Waals surface area contributed by atoms with Gasteiger partial charge < -0.3 is 9.47 Å². The summed E-state index contributed by atoms with van der Waals surface area (Å²) in [5.74, 6) is 2.20. The molecule has 122 valence electrons. The maximum Gasteiger partial charge on any atom is 0.181 e. The topological polar surface area (TPSA) is 18.5 Å². The number of ether oxygens (including phenoxy) is 2. The largest absolute Gasteiger partial charge is 0.453 e. The molecule has 0 atom stereocenters. The van der Waals surface area contributed by atoms with E-state index in [9.17, 15) is 0 Å². The lowest BCUT2D eigenvalue weighted by Crippen LogP contribution is -1.92. The first kappa shape index (κ1) is 15.5. The number of hydrogen-bond donors (Lipinski definition) is 0. The lowest BCUT2D eigenvalue weighted by molar-refractivity contribution is 0.426. The van der Waals surface area contributed by atoms with E-state index in [1.165, 1.54) is 0 Å². The fourth-order valence-electron chi connectivity index (χ4n) is 2.58. The van der Waals surface area contributed by atoms with Crippen LogP contribution in [0.1, 0.15) is 0 Å². The van der Waals surface area contributed by atoms with Crippen molar-refractivity contribution in [2.24, 2.45) is 0 Å². The minimum absolute atomic E-state index is 0.695. The quantitative estimate of drug-likeness (QED) is 0.388. The molecule has 1 aromatic heterocycles. The van der Waals surface area contributed by atoms with Crippen molar-refractivity contribution in [2.75, 3.05) is 0 Å². The fraction of sp³-hybridized carbons (Fsp3) is 0. The smallest absolute Gasteiger partial charge is 0.181 e. The van der Waals surface area contributed by atoms with Gasteiger partial charge in [-0.05, 0) is 41.3 Å². The average Bonchev–Trinajstić information content (AvgIpc) is 3.18. The molecule has 3 heteroatoms. The van der Waals surface area contributed by atoms with Gasteiger partial charge in [0.1, 0.15) is 5.75 Å². The standard InChI is InChI=1S/C22H16O2S/c1-3-9-17(10-4-1)19-13-7-14-20(23-18-11-5-2-6-12-18)22(19)24-21-15-8-16-25-21/h1-16H. The number of hydrogen-bond acceptors (Lipinski definition) is 3. The zero-order valence-electron chi connectivity index (χ0n) is 13.5. The zero-order valence-corrected chi connectivity index (χ0v) is 14.3. The van der Waals surface area contributed by atoms with E-state index in [2.05, 4.69) is 18.2 Å². The van der Waals surface area contributed by atoms with E-state index in [0.717, 1.165) is 27.7 Å². The Labute approximate surface area is 150 Å². The molecular formula is C22H16O2S. The van der Waals surface area contributed by atoms with Crippen LogP contribution in [-0.2, 0) is 0 Å². The summed E-state index contributed by atoms with van der Waals surface area (Å²) in [6.07, 6.45) is 0. The van der Waals surface area contributed by atoms with E-state index in [-0.39, 0.29) is 0 Å². The highest BCUT2D eigenvalue weighted by Gasteiger charge is 2.15. The molecule has 0 saturated heterocycles. The zero-order chi connectivity index (χ0) is 16.9. The van der Waals surface area contributed by atoms with Gasteiger partial charge in [0.05, 0.1) is 0 Å². The lowest BCUT2D eigenvalue weighted by atomic mass is 10.0. The lowest BCUT2D eigenvalue weighted by Gasteiger charge is -2.15. The maximum absolute atomic E-state index is 6.20. The van der Waals surface area contributed by atoms with Gasteiger partial charge >= 0.3 is 0 Å². The van der Waals surface area contributed by atoms with Gasteiger partial charge in [-0.2, -0.15) is 0 Å². The molecule has 3 aromatic carbocycles. The molecule has 0 aliphatic rings. The van der Waals surface area contributed by atoms with Crippen LogP contribution >= 0.6 is 11.3 Å². The SMILES string of the molecule is c1ccc(Oc2cccc(-c3ccccc3)c2Oc2cccs2)cc1. The maximum atomic E-state index is 6.20. The summed E-state index contributed by atoms with van der Waals surface area (Å²) >= 11 is 1.56. The van der Waals surface area contributed by atoms with E-state index >= 15 is 0 Å². The molecule has 0 amide bonds. The van der Waals surface area contributed by atoms with Crippen LogP contribution in [0.2, 0.25) is 0 Å². The van der Waals surface area contributed by atoms with Crippen molar-refractivity contribution in [3.05, 3.63) is 96.4 Å². The van der Waals surface area contributed by atoms with Crippen molar-refractivity contribution in [2.45, 2.75) is 0 Å². The van der Waals surface area contributed by atoms with Gasteiger partial charge in [0.2, 0.25) is 0 Å². The van der Waals surface area contributed by atoms with Crippen LogP contribution in [-0.4, -0.2) is 0 Å². The van der Waals surface area contributed by atoms with Crippen LogP contribution in [0.25, 0.3) is 11.1 Å². The van der Waals surface area contributed by atoms with Crippen LogP contribution in [0.15, 0.2) is 96.4 Å². The molecular weight excluding hydrogens is 328 g/mol. The molecule has 1 heterocycles. The van der Waals surface area contributed by atoms with Crippen molar-refractivity contribution in [3.63, 3.8) is 0 Å². The fourth-order valence-corrected chi connectivity index (χ4v) is 3.16. The number of benzene rings is 3. The van der Waals surface area contributed by atoms with Gasteiger partial charge in [0, 0.05) is 5.56 Å². The van der Waals surface area contributed by atoms with Crippen LogP contribution in [0.3, 0.4) is 0 Å². The van der Waals surface area contributed by atoms with Crippen LogP contribution < -0.4 is 9.47 Å². The minimum atomic E-state index is 0.695. The predicted octanol–water partition coefficient (Wildman–Crippen LogP) is 7.00. The second-order valence-corrected chi connectivity index (χ2v) is 6.36. The molecule has 4 aromatic rings. The Morgan fingerprint density at radius 1 is 0.600 bits per heavy atom. The summed E-state index contributed by atoms with van der Waals surface area (Å²) in [6.45, 7) is 0. The first-order valence-corrected chi connectivity index (χ1v) is 8.91. The Kier molecular flexibility index (Phi) is 4.49. The molecule has 0 N–H and O–H groups in total. The Morgan fingerprint density at radius 3 is 2.08 bits per heavy atom. The second-order valence-electron chi connectivity index (χ2n) is 5.45. The summed E-state index contributed by atoms with van der Waals surface area (Å²) < 4.78 is 12.3. The third-order valence-corrected chi connectivity index (χ3v) is 4.48. The number of thiophene rings is 1. The van der Waals surface area contributed by atoms with Crippen molar-refractivity contribution in [1.29, 1.82) is 0 Å². The van der Waals surface area contributed by atoms with Gasteiger partial charge in [-0.3, -0.25) is 0 Å². The summed E-state index contributed by atoms with van der Waals surface area (Å²) in [7, 11) is 0. The molecule has 0 radical (unpaired) electrons. The highest BCUT2D eigenvalue weighted by atomic mass is 32.1. The van der Waals surface area contributed by atoms with Crippen LogP contribution in [0.5, 0.6) is 22.3 Å². The number of para-hydroxylation sites is 2. The van der Waals surface area contributed by atoms with E-state index in [1.807, 2.05) is 78.2 Å².